The van der Waals surface area contributed by atoms with E-state index >= 15 is 0 Å². The van der Waals surface area contributed by atoms with Gasteiger partial charge in [0.25, 0.3) is 0 Å². The van der Waals surface area contributed by atoms with Crippen LogP contribution < -0.4 is 0 Å². The van der Waals surface area contributed by atoms with E-state index < -0.39 is 5.60 Å². The molecule has 2 N–H and O–H groups in total. The number of nitrogens with zero attached hydrogens (tertiary/aromatic N) is 1. The van der Waals surface area contributed by atoms with Gasteiger partial charge in [0.15, 0.2) is 0 Å². The third-order valence-electron chi connectivity index (χ3n) is 5.49. The largest absolute Gasteiger partial charge is 0.389 e. The summed E-state index contributed by atoms with van der Waals surface area (Å²) in [6.45, 7) is 2.14. The van der Waals surface area contributed by atoms with Gasteiger partial charge < -0.3 is 15.4 Å². The molecular formula is C20H31ClN2O. The molecule has 0 amide bonds. The number of aliphatic hydroxyl groups is 1. The minimum Gasteiger partial charge on any atom is -0.389 e. The first-order valence-electron chi connectivity index (χ1n) is 9.02. The lowest BCUT2D eigenvalue weighted by Gasteiger charge is -2.40. The first-order valence-corrected chi connectivity index (χ1v) is 9.40. The summed E-state index contributed by atoms with van der Waals surface area (Å²) in [7, 11) is 4.09. The van der Waals surface area contributed by atoms with Crippen LogP contribution in [0.1, 0.15) is 63.4 Å². The molecule has 1 aliphatic rings. The number of hydrogen-bond acceptors (Lipinski definition) is 3. The van der Waals surface area contributed by atoms with Crippen molar-refractivity contribution in [2.75, 3.05) is 14.1 Å². The number of hydrogen-bond donors (Lipinski definition) is 2. The molecule has 0 saturated heterocycles. The maximum Gasteiger partial charge on any atom is 0.0719 e. The van der Waals surface area contributed by atoms with Gasteiger partial charge in [0.1, 0.15) is 0 Å². The van der Waals surface area contributed by atoms with E-state index in [9.17, 15) is 5.11 Å². The molecule has 0 aromatic heterocycles. The monoisotopic (exact) mass is 350 g/mol. The average Bonchev–Trinajstić information content (AvgIpc) is 2.53. The summed E-state index contributed by atoms with van der Waals surface area (Å²) in [5.41, 5.74) is 1.06. The molecule has 2 atom stereocenters. The normalized spacial score (nSPS) is 19.9. The van der Waals surface area contributed by atoms with Crippen LogP contribution in [0, 0.1) is 5.41 Å². The summed E-state index contributed by atoms with van der Waals surface area (Å²) >= 11 is 6.19. The molecular weight excluding hydrogens is 320 g/mol. The molecule has 1 fully saturated rings. The Morgan fingerprint density at radius 3 is 2.50 bits per heavy atom. The zero-order valence-corrected chi connectivity index (χ0v) is 15.9. The van der Waals surface area contributed by atoms with Crippen molar-refractivity contribution in [3.8, 4) is 0 Å². The van der Waals surface area contributed by atoms with Gasteiger partial charge in [0.2, 0.25) is 0 Å². The molecule has 2 rings (SSSR count). The van der Waals surface area contributed by atoms with Crippen LogP contribution in [0.2, 0.25) is 5.02 Å². The summed E-state index contributed by atoms with van der Waals surface area (Å²) in [6, 6.07) is 8.15. The van der Waals surface area contributed by atoms with Crippen molar-refractivity contribution in [2.24, 2.45) is 0 Å². The molecule has 1 saturated carbocycles. The summed E-state index contributed by atoms with van der Waals surface area (Å²) in [4.78, 5) is 2.14. The number of benzene rings is 1. The molecule has 0 heterocycles. The van der Waals surface area contributed by atoms with Gasteiger partial charge in [-0.1, -0.05) is 43.0 Å². The molecule has 0 bridgehead atoms. The predicted molar refractivity (Wildman–Crippen MR) is 102 cm³/mol. The minimum absolute atomic E-state index is 0.0432. The first kappa shape index (κ1) is 19.4. The van der Waals surface area contributed by atoms with Crippen LogP contribution in [0.4, 0.5) is 0 Å². The lowest BCUT2D eigenvalue weighted by molar-refractivity contribution is -0.0202. The van der Waals surface area contributed by atoms with Crippen molar-refractivity contribution in [3.05, 3.63) is 34.9 Å². The van der Waals surface area contributed by atoms with Crippen LogP contribution in [0.3, 0.4) is 0 Å². The summed E-state index contributed by atoms with van der Waals surface area (Å²) < 4.78 is 0. The highest BCUT2D eigenvalue weighted by atomic mass is 35.5. The Labute approximate surface area is 151 Å². The van der Waals surface area contributed by atoms with Crippen LogP contribution in [0.5, 0.6) is 0 Å². The van der Waals surface area contributed by atoms with Crippen LogP contribution >= 0.6 is 11.6 Å². The second-order valence-corrected chi connectivity index (χ2v) is 8.03. The Kier molecular flexibility index (Phi) is 6.85. The molecule has 1 unspecified atom stereocenters. The van der Waals surface area contributed by atoms with E-state index in [0.717, 1.165) is 37.7 Å². The molecule has 1 aliphatic carbocycles. The summed E-state index contributed by atoms with van der Waals surface area (Å²) in [6.07, 6.45) is 6.31. The highest BCUT2D eigenvalue weighted by Crippen LogP contribution is 2.42. The Morgan fingerprint density at radius 1 is 1.25 bits per heavy atom. The Balaban J connectivity index is 2.21. The van der Waals surface area contributed by atoms with Crippen molar-refractivity contribution in [1.29, 1.82) is 5.41 Å². The molecule has 0 spiro atoms. The zero-order chi connectivity index (χ0) is 17.7. The fraction of sp³-hybridized carbons (Fsp3) is 0.650. The molecule has 4 heteroatoms. The van der Waals surface area contributed by atoms with Crippen LogP contribution in [-0.2, 0) is 0 Å². The van der Waals surface area contributed by atoms with Gasteiger partial charge >= 0.3 is 0 Å². The number of rotatable bonds is 7. The molecule has 1 aromatic rings. The quantitative estimate of drug-likeness (QED) is 0.689. The topological polar surface area (TPSA) is 47.3 Å². The first-order chi connectivity index (χ1) is 11.3. The smallest absolute Gasteiger partial charge is 0.0719 e. The highest BCUT2D eigenvalue weighted by molar-refractivity contribution is 6.30. The van der Waals surface area contributed by atoms with Gasteiger partial charge in [-0.15, -0.1) is 0 Å². The van der Waals surface area contributed by atoms with Crippen molar-refractivity contribution in [3.63, 3.8) is 0 Å². The van der Waals surface area contributed by atoms with E-state index in [1.54, 1.807) is 0 Å². The summed E-state index contributed by atoms with van der Waals surface area (Å²) in [5.74, 6) is -0.0432. The lowest BCUT2D eigenvalue weighted by Crippen LogP contribution is -2.40. The molecule has 24 heavy (non-hydrogen) atoms. The number of halogens is 1. The average molecular weight is 351 g/mol. The Hall–Kier alpha value is -0.900. The SMILES string of the molecule is C[C@H](CC(=N)CC(c1cccc(Cl)c1)C1(O)CCCCC1)N(C)C. The maximum absolute atomic E-state index is 11.3. The van der Waals surface area contributed by atoms with Gasteiger partial charge in [-0.05, 0) is 58.0 Å². The molecule has 0 aliphatic heterocycles. The standard InChI is InChI=1S/C20H31ClN2O/c1-15(23(2)3)12-18(22)14-19(16-8-7-9-17(21)13-16)20(24)10-5-4-6-11-20/h7-9,13,15,19,22,24H,4-6,10-12,14H2,1-3H3/t15-,19?/m1/s1. The fourth-order valence-electron chi connectivity index (χ4n) is 3.72. The minimum atomic E-state index is -0.712. The van der Waals surface area contributed by atoms with Crippen LogP contribution in [-0.4, -0.2) is 41.5 Å². The van der Waals surface area contributed by atoms with Gasteiger partial charge in [0.05, 0.1) is 5.60 Å². The van der Waals surface area contributed by atoms with Crippen molar-refractivity contribution >= 4 is 17.3 Å². The van der Waals surface area contributed by atoms with Crippen molar-refractivity contribution in [2.45, 2.75) is 69.4 Å². The second kappa shape index (κ2) is 8.46. The summed E-state index contributed by atoms with van der Waals surface area (Å²) in [5, 5.41) is 20.5. The molecule has 0 radical (unpaired) electrons. The van der Waals surface area contributed by atoms with Gasteiger partial charge in [-0.3, -0.25) is 0 Å². The number of nitrogens with one attached hydrogen (secondary N) is 1. The van der Waals surface area contributed by atoms with E-state index in [1.165, 1.54) is 6.42 Å². The maximum atomic E-state index is 11.3. The van der Waals surface area contributed by atoms with Gasteiger partial charge in [-0.25, -0.2) is 0 Å². The fourth-order valence-corrected chi connectivity index (χ4v) is 3.92. The van der Waals surface area contributed by atoms with E-state index in [4.69, 9.17) is 17.0 Å². The Morgan fingerprint density at radius 2 is 1.92 bits per heavy atom. The van der Waals surface area contributed by atoms with Gasteiger partial charge in [-0.2, -0.15) is 0 Å². The van der Waals surface area contributed by atoms with E-state index in [1.807, 2.05) is 38.4 Å². The van der Waals surface area contributed by atoms with E-state index in [-0.39, 0.29) is 5.92 Å². The van der Waals surface area contributed by atoms with E-state index in [2.05, 4.69) is 11.8 Å². The van der Waals surface area contributed by atoms with Crippen molar-refractivity contribution < 1.29 is 5.11 Å². The van der Waals surface area contributed by atoms with Crippen LogP contribution in [0.25, 0.3) is 0 Å². The van der Waals surface area contributed by atoms with Crippen LogP contribution in [0.15, 0.2) is 24.3 Å². The third-order valence-corrected chi connectivity index (χ3v) is 5.73. The third kappa shape index (κ3) is 5.05. The zero-order valence-electron chi connectivity index (χ0n) is 15.2. The predicted octanol–water partition coefficient (Wildman–Crippen LogP) is 4.87. The molecule has 3 nitrogen and oxygen atoms in total. The highest BCUT2D eigenvalue weighted by Gasteiger charge is 2.39. The molecule has 1 aromatic carbocycles. The molecule has 134 valence electrons. The Bertz CT molecular complexity index is 552. The van der Waals surface area contributed by atoms with Crippen molar-refractivity contribution in [1.82, 2.24) is 4.90 Å². The lowest BCUT2D eigenvalue weighted by atomic mass is 9.70. The van der Waals surface area contributed by atoms with Gasteiger partial charge in [0, 0.05) is 29.1 Å². The van der Waals surface area contributed by atoms with E-state index in [0.29, 0.717) is 23.2 Å². The second-order valence-electron chi connectivity index (χ2n) is 7.60.